The van der Waals surface area contributed by atoms with E-state index in [9.17, 15) is 4.79 Å². The second kappa shape index (κ2) is 9.40. The lowest BCUT2D eigenvalue weighted by Crippen LogP contribution is -2.51. The van der Waals surface area contributed by atoms with Crippen LogP contribution in [0.3, 0.4) is 0 Å². The number of rotatable bonds is 3. The maximum absolute atomic E-state index is 13.2. The number of nitrogens with one attached hydrogen (secondary N) is 1. The Morgan fingerprint density at radius 3 is 2.62 bits per heavy atom. The standard InChI is InChI=1S/C18H29N5O.2ClH/c1-21-12-14(9-20-21)16-10-19-11-17(16)18(24)23-8-4-5-15(13-23)22-6-2-3-7-22;;/h9,12,15-17,19H,2-8,10-11,13H2,1H3;2*1H/t15?,16-,17+;;/m1../s1. The van der Waals surface area contributed by atoms with Crippen LogP contribution in [0.5, 0.6) is 0 Å². The molecule has 148 valence electrons. The number of halogens is 2. The van der Waals surface area contributed by atoms with E-state index in [4.69, 9.17) is 0 Å². The van der Waals surface area contributed by atoms with Crippen LogP contribution < -0.4 is 5.32 Å². The van der Waals surface area contributed by atoms with Gasteiger partial charge in [-0.3, -0.25) is 14.4 Å². The Kier molecular flexibility index (Phi) is 7.76. The highest BCUT2D eigenvalue weighted by molar-refractivity contribution is 5.85. The first kappa shape index (κ1) is 21.5. The number of nitrogens with zero attached hydrogens (tertiary/aromatic N) is 4. The van der Waals surface area contributed by atoms with Gasteiger partial charge in [0.25, 0.3) is 0 Å². The van der Waals surface area contributed by atoms with Crippen molar-refractivity contribution in [2.24, 2.45) is 13.0 Å². The van der Waals surface area contributed by atoms with Gasteiger partial charge in [-0.15, -0.1) is 24.8 Å². The van der Waals surface area contributed by atoms with Gasteiger partial charge in [-0.2, -0.15) is 5.10 Å². The molecule has 3 fully saturated rings. The quantitative estimate of drug-likeness (QED) is 0.833. The topological polar surface area (TPSA) is 53.4 Å². The minimum absolute atomic E-state index is 0. The number of piperidine rings is 1. The average molecular weight is 404 g/mol. The molecule has 26 heavy (non-hydrogen) atoms. The lowest BCUT2D eigenvalue weighted by atomic mass is 9.89. The van der Waals surface area contributed by atoms with Crippen molar-refractivity contribution >= 4 is 30.7 Å². The van der Waals surface area contributed by atoms with Gasteiger partial charge in [0, 0.05) is 51.4 Å². The Labute approximate surface area is 168 Å². The van der Waals surface area contributed by atoms with Crippen LogP contribution in [-0.2, 0) is 11.8 Å². The van der Waals surface area contributed by atoms with Gasteiger partial charge in [-0.1, -0.05) is 0 Å². The van der Waals surface area contributed by atoms with Crippen molar-refractivity contribution in [1.82, 2.24) is 24.9 Å². The van der Waals surface area contributed by atoms with E-state index < -0.39 is 0 Å². The minimum atomic E-state index is 0. The summed E-state index contributed by atoms with van der Waals surface area (Å²) in [7, 11) is 1.94. The number of carbonyl (C=O) groups excluding carboxylic acids is 1. The van der Waals surface area contributed by atoms with E-state index in [0.717, 1.165) is 32.6 Å². The molecule has 1 unspecified atom stereocenters. The molecule has 1 aromatic heterocycles. The zero-order valence-corrected chi connectivity index (χ0v) is 17.1. The van der Waals surface area contributed by atoms with Crippen molar-refractivity contribution in [3.63, 3.8) is 0 Å². The van der Waals surface area contributed by atoms with E-state index in [1.807, 2.05) is 17.9 Å². The van der Waals surface area contributed by atoms with Gasteiger partial charge in [-0.25, -0.2) is 0 Å². The lowest BCUT2D eigenvalue weighted by Gasteiger charge is -2.39. The normalized spacial score (nSPS) is 29.3. The number of amides is 1. The summed E-state index contributed by atoms with van der Waals surface area (Å²) in [4.78, 5) is 17.9. The van der Waals surface area contributed by atoms with Crippen LogP contribution in [-0.4, -0.2) is 70.8 Å². The number of aromatic nitrogens is 2. The molecular formula is C18H31Cl2N5O. The number of hydrogen-bond acceptors (Lipinski definition) is 4. The van der Waals surface area contributed by atoms with E-state index in [1.165, 1.54) is 37.9 Å². The van der Waals surface area contributed by atoms with E-state index >= 15 is 0 Å². The van der Waals surface area contributed by atoms with Crippen LogP contribution in [0.25, 0.3) is 0 Å². The summed E-state index contributed by atoms with van der Waals surface area (Å²) in [6.45, 7) is 5.97. The van der Waals surface area contributed by atoms with Crippen LogP contribution in [0.2, 0.25) is 0 Å². The molecule has 3 aliphatic heterocycles. The molecule has 0 aromatic carbocycles. The Hall–Kier alpha value is -0.820. The molecule has 8 heteroatoms. The third-order valence-electron chi connectivity index (χ3n) is 6.05. The Morgan fingerprint density at radius 1 is 1.15 bits per heavy atom. The second-order valence-corrected chi connectivity index (χ2v) is 7.64. The largest absolute Gasteiger partial charge is 0.341 e. The van der Waals surface area contributed by atoms with E-state index in [0.29, 0.717) is 11.9 Å². The van der Waals surface area contributed by atoms with Crippen molar-refractivity contribution in [3.8, 4) is 0 Å². The molecule has 0 aliphatic carbocycles. The van der Waals surface area contributed by atoms with E-state index in [-0.39, 0.29) is 36.6 Å². The fourth-order valence-corrected chi connectivity index (χ4v) is 4.71. The van der Waals surface area contributed by atoms with Crippen molar-refractivity contribution in [1.29, 1.82) is 0 Å². The molecule has 4 rings (SSSR count). The summed E-state index contributed by atoms with van der Waals surface area (Å²) >= 11 is 0. The summed E-state index contributed by atoms with van der Waals surface area (Å²) in [6, 6.07) is 0.580. The van der Waals surface area contributed by atoms with Crippen molar-refractivity contribution < 1.29 is 4.79 Å². The molecule has 3 aliphatic rings. The molecule has 4 heterocycles. The van der Waals surface area contributed by atoms with Crippen LogP contribution in [0.4, 0.5) is 0 Å². The zero-order chi connectivity index (χ0) is 16.5. The van der Waals surface area contributed by atoms with Crippen molar-refractivity contribution in [3.05, 3.63) is 18.0 Å². The predicted molar refractivity (Wildman–Crippen MR) is 107 cm³/mol. The molecule has 1 amide bonds. The maximum Gasteiger partial charge on any atom is 0.227 e. The van der Waals surface area contributed by atoms with Crippen LogP contribution >= 0.6 is 24.8 Å². The van der Waals surface area contributed by atoms with Gasteiger partial charge in [0.2, 0.25) is 5.91 Å². The highest BCUT2D eigenvalue weighted by Crippen LogP contribution is 2.31. The molecule has 0 bridgehead atoms. The number of carbonyl (C=O) groups is 1. The molecule has 6 nitrogen and oxygen atoms in total. The van der Waals surface area contributed by atoms with Gasteiger partial charge in [0.05, 0.1) is 12.1 Å². The van der Waals surface area contributed by atoms with E-state index in [2.05, 4.69) is 26.4 Å². The highest BCUT2D eigenvalue weighted by Gasteiger charge is 2.39. The molecule has 0 saturated carbocycles. The predicted octanol–water partition coefficient (Wildman–Crippen LogP) is 1.65. The third-order valence-corrected chi connectivity index (χ3v) is 6.05. The van der Waals surface area contributed by atoms with E-state index in [1.54, 1.807) is 0 Å². The lowest BCUT2D eigenvalue weighted by molar-refractivity contribution is -0.137. The van der Waals surface area contributed by atoms with Crippen molar-refractivity contribution in [2.45, 2.75) is 37.6 Å². The molecule has 0 radical (unpaired) electrons. The molecule has 1 N–H and O–H groups in total. The van der Waals surface area contributed by atoms with Crippen molar-refractivity contribution in [2.75, 3.05) is 39.3 Å². The fraction of sp³-hybridized carbons (Fsp3) is 0.778. The number of hydrogen-bond donors (Lipinski definition) is 1. The SMILES string of the molecule is Cl.Cl.Cn1cc([C@H]2CNC[C@@H]2C(=O)N2CCCC(N3CCCC3)C2)cn1. The number of aryl methyl sites for hydroxylation is 1. The number of likely N-dealkylation sites (tertiary alicyclic amines) is 2. The molecule has 1 aromatic rings. The van der Waals surface area contributed by atoms with Gasteiger partial charge >= 0.3 is 0 Å². The third kappa shape index (κ3) is 4.35. The summed E-state index contributed by atoms with van der Waals surface area (Å²) in [5, 5.41) is 7.71. The molecule has 3 atom stereocenters. The monoisotopic (exact) mass is 403 g/mol. The molecule has 0 spiro atoms. The Balaban J connectivity index is 0.00000121. The van der Waals surface area contributed by atoms with Gasteiger partial charge in [-0.05, 0) is 44.3 Å². The fourth-order valence-electron chi connectivity index (χ4n) is 4.71. The second-order valence-electron chi connectivity index (χ2n) is 7.64. The Bertz CT molecular complexity index is 590. The van der Waals surface area contributed by atoms with Gasteiger partial charge in [0.15, 0.2) is 0 Å². The minimum Gasteiger partial charge on any atom is -0.341 e. The Morgan fingerprint density at radius 2 is 1.92 bits per heavy atom. The first-order valence-electron chi connectivity index (χ1n) is 9.44. The summed E-state index contributed by atoms with van der Waals surface area (Å²) in [6.07, 6.45) is 9.01. The summed E-state index contributed by atoms with van der Waals surface area (Å²) in [5.41, 5.74) is 1.19. The zero-order valence-electron chi connectivity index (χ0n) is 15.5. The van der Waals surface area contributed by atoms with Gasteiger partial charge < -0.3 is 10.2 Å². The molecular weight excluding hydrogens is 373 g/mol. The van der Waals surface area contributed by atoms with Crippen LogP contribution in [0.1, 0.15) is 37.2 Å². The smallest absolute Gasteiger partial charge is 0.227 e. The first-order chi connectivity index (χ1) is 11.7. The van der Waals surface area contributed by atoms with Crippen LogP contribution in [0.15, 0.2) is 12.4 Å². The summed E-state index contributed by atoms with van der Waals surface area (Å²) < 4.78 is 1.83. The highest BCUT2D eigenvalue weighted by atomic mass is 35.5. The molecule has 3 saturated heterocycles. The first-order valence-corrected chi connectivity index (χ1v) is 9.44. The maximum atomic E-state index is 13.2. The average Bonchev–Trinajstić information content (AvgIpc) is 3.35. The summed E-state index contributed by atoms with van der Waals surface area (Å²) in [5.74, 6) is 0.669. The van der Waals surface area contributed by atoms with Gasteiger partial charge in [0.1, 0.15) is 0 Å². The van der Waals surface area contributed by atoms with Crippen LogP contribution in [0, 0.1) is 5.92 Å².